The first-order chi connectivity index (χ1) is 16.6. The maximum Gasteiger partial charge on any atom is 0.160 e. The Labute approximate surface area is 212 Å². The van der Waals surface area contributed by atoms with Crippen LogP contribution in [-0.4, -0.2) is 24.4 Å². The first kappa shape index (κ1) is 27.1. The second-order valence-electron chi connectivity index (χ2n) is 10.7. The molecule has 3 rings (SSSR count). The number of methoxy groups -OCH3 is 1. The Kier molecular flexibility index (Phi) is 9.29. The molecular formula is C31H44O4. The van der Waals surface area contributed by atoms with Gasteiger partial charge in [0.15, 0.2) is 11.5 Å². The van der Waals surface area contributed by atoms with Crippen molar-refractivity contribution in [2.45, 2.75) is 85.5 Å². The zero-order valence-corrected chi connectivity index (χ0v) is 22.6. The molecule has 0 spiro atoms. The third kappa shape index (κ3) is 6.61. The molecule has 2 aromatic carbocycles. The van der Waals surface area contributed by atoms with Gasteiger partial charge in [-0.1, -0.05) is 51.5 Å². The Morgan fingerprint density at radius 3 is 2.37 bits per heavy atom. The highest BCUT2D eigenvalue weighted by Gasteiger charge is 2.36. The van der Waals surface area contributed by atoms with Crippen LogP contribution in [0.2, 0.25) is 0 Å². The van der Waals surface area contributed by atoms with Gasteiger partial charge in [-0.15, -0.1) is 6.58 Å². The summed E-state index contributed by atoms with van der Waals surface area (Å²) in [6.07, 6.45) is 5.88. The van der Waals surface area contributed by atoms with E-state index < -0.39 is 0 Å². The summed E-state index contributed by atoms with van der Waals surface area (Å²) in [5.74, 6) is 3.19. The summed E-state index contributed by atoms with van der Waals surface area (Å²) in [6, 6.07) is 9.83. The van der Waals surface area contributed by atoms with Crippen molar-refractivity contribution in [2.24, 2.45) is 17.8 Å². The van der Waals surface area contributed by atoms with E-state index in [2.05, 4.69) is 60.3 Å². The second kappa shape index (κ2) is 12.0. The fraction of sp³-hybridized carbons (Fsp3) is 0.548. The van der Waals surface area contributed by atoms with E-state index in [0.29, 0.717) is 23.5 Å². The summed E-state index contributed by atoms with van der Waals surface area (Å²) >= 11 is 0. The molecule has 1 N–H and O–H groups in total. The van der Waals surface area contributed by atoms with Crippen molar-refractivity contribution >= 4 is 0 Å². The summed E-state index contributed by atoms with van der Waals surface area (Å²) in [6.45, 7) is 17.1. The molecule has 192 valence electrons. The van der Waals surface area contributed by atoms with E-state index in [1.165, 1.54) is 18.4 Å². The minimum Gasteiger partial charge on any atom is -0.504 e. The molecule has 0 aliphatic heterocycles. The predicted octanol–water partition coefficient (Wildman–Crippen LogP) is 7.73. The van der Waals surface area contributed by atoms with Gasteiger partial charge in [-0.25, -0.2) is 0 Å². The number of phenolic OH excluding ortho intramolecular Hbond substituents is 1. The first-order valence-corrected chi connectivity index (χ1v) is 13.0. The Hall–Kier alpha value is -2.46. The number of ether oxygens (including phenoxy) is 3. The van der Waals surface area contributed by atoms with Crippen LogP contribution in [0.25, 0.3) is 0 Å². The summed E-state index contributed by atoms with van der Waals surface area (Å²) < 4.78 is 19.0. The molecule has 1 aliphatic carbocycles. The fourth-order valence-corrected chi connectivity index (χ4v) is 5.55. The Balaban J connectivity index is 1.95. The lowest BCUT2D eigenvalue weighted by Gasteiger charge is -2.40. The molecule has 0 radical (unpaired) electrons. The van der Waals surface area contributed by atoms with Gasteiger partial charge in [0.2, 0.25) is 0 Å². The molecule has 0 bridgehead atoms. The van der Waals surface area contributed by atoms with E-state index in [9.17, 15) is 5.11 Å². The van der Waals surface area contributed by atoms with Crippen LogP contribution in [0.4, 0.5) is 0 Å². The van der Waals surface area contributed by atoms with Gasteiger partial charge in [-0.05, 0) is 92.2 Å². The van der Waals surface area contributed by atoms with Gasteiger partial charge in [-0.3, -0.25) is 0 Å². The molecule has 0 heterocycles. The van der Waals surface area contributed by atoms with Crippen molar-refractivity contribution < 1.29 is 19.3 Å². The molecule has 1 saturated carbocycles. The summed E-state index contributed by atoms with van der Waals surface area (Å²) in [7, 11) is 1.57. The topological polar surface area (TPSA) is 47.9 Å². The zero-order chi connectivity index (χ0) is 25.7. The quantitative estimate of drug-likeness (QED) is 0.353. The van der Waals surface area contributed by atoms with Gasteiger partial charge in [0.25, 0.3) is 0 Å². The molecule has 1 fully saturated rings. The van der Waals surface area contributed by atoms with Crippen molar-refractivity contribution in [1.82, 2.24) is 0 Å². The summed E-state index contributed by atoms with van der Waals surface area (Å²) in [4.78, 5) is 0. The Morgan fingerprint density at radius 2 is 1.77 bits per heavy atom. The monoisotopic (exact) mass is 480 g/mol. The molecule has 0 saturated heterocycles. The van der Waals surface area contributed by atoms with Crippen LogP contribution in [0.5, 0.6) is 17.2 Å². The van der Waals surface area contributed by atoms with Crippen molar-refractivity contribution in [3.63, 3.8) is 0 Å². The van der Waals surface area contributed by atoms with Gasteiger partial charge in [0.1, 0.15) is 18.0 Å². The van der Waals surface area contributed by atoms with Crippen LogP contribution in [0.1, 0.15) is 75.3 Å². The Morgan fingerprint density at radius 1 is 1.09 bits per heavy atom. The highest BCUT2D eigenvalue weighted by Crippen LogP contribution is 2.41. The van der Waals surface area contributed by atoms with Gasteiger partial charge >= 0.3 is 0 Å². The molecule has 2 unspecified atom stereocenters. The lowest BCUT2D eigenvalue weighted by molar-refractivity contribution is -0.113. The minimum absolute atomic E-state index is 0.124. The summed E-state index contributed by atoms with van der Waals surface area (Å²) in [5.41, 5.74) is 4.41. The lowest BCUT2D eigenvalue weighted by Crippen LogP contribution is -2.38. The third-order valence-electron chi connectivity index (χ3n) is 7.45. The molecule has 1 aliphatic rings. The van der Waals surface area contributed by atoms with Crippen LogP contribution in [0.3, 0.4) is 0 Å². The largest absolute Gasteiger partial charge is 0.504 e. The van der Waals surface area contributed by atoms with Gasteiger partial charge < -0.3 is 19.3 Å². The van der Waals surface area contributed by atoms with E-state index in [1.807, 2.05) is 18.2 Å². The number of rotatable bonds is 10. The molecule has 4 heteroatoms. The molecule has 0 amide bonds. The number of hydrogen-bond donors (Lipinski definition) is 1. The zero-order valence-electron chi connectivity index (χ0n) is 22.6. The van der Waals surface area contributed by atoms with Gasteiger partial charge in [0.05, 0.1) is 13.2 Å². The van der Waals surface area contributed by atoms with E-state index in [0.717, 1.165) is 35.3 Å². The van der Waals surface area contributed by atoms with E-state index in [4.69, 9.17) is 14.2 Å². The number of phenols is 1. The SMILES string of the molecule is C=CCc1cc(C)c(OC(C)C(O[C@H]2C[C@@H](C)CC[C@@H]2C(C)C)c2ccc(O)c(OC)c2)c(C)c1. The first-order valence-electron chi connectivity index (χ1n) is 13.0. The predicted molar refractivity (Wildman–Crippen MR) is 144 cm³/mol. The average molecular weight is 481 g/mol. The van der Waals surface area contributed by atoms with Crippen molar-refractivity contribution in [3.05, 3.63) is 65.2 Å². The highest BCUT2D eigenvalue weighted by atomic mass is 16.5. The van der Waals surface area contributed by atoms with Gasteiger partial charge in [-0.2, -0.15) is 0 Å². The van der Waals surface area contributed by atoms with Crippen molar-refractivity contribution in [2.75, 3.05) is 7.11 Å². The van der Waals surface area contributed by atoms with Crippen LogP contribution < -0.4 is 9.47 Å². The van der Waals surface area contributed by atoms with Gasteiger partial charge in [0, 0.05) is 0 Å². The maximum atomic E-state index is 10.2. The molecule has 35 heavy (non-hydrogen) atoms. The lowest BCUT2D eigenvalue weighted by atomic mass is 9.75. The number of hydrogen-bond acceptors (Lipinski definition) is 4. The smallest absolute Gasteiger partial charge is 0.160 e. The molecule has 0 aromatic heterocycles. The van der Waals surface area contributed by atoms with Crippen molar-refractivity contribution in [3.8, 4) is 17.2 Å². The van der Waals surface area contributed by atoms with Crippen LogP contribution in [0, 0.1) is 31.6 Å². The third-order valence-corrected chi connectivity index (χ3v) is 7.45. The molecule has 4 nitrogen and oxygen atoms in total. The standard InChI is InChI=1S/C31H44O4/c1-9-10-24-16-21(5)30(22(6)17-24)34-23(7)31(25-12-14-27(32)29(18-25)33-8)35-28-15-20(4)11-13-26(28)19(2)3/h9,12,14,16-20,23,26,28,31-32H,1,10-11,13,15H2,2-8H3/t20-,23?,26+,28-,31?/m0/s1. The fourth-order valence-electron chi connectivity index (χ4n) is 5.55. The number of benzene rings is 2. The molecular weight excluding hydrogens is 436 g/mol. The molecule has 2 aromatic rings. The van der Waals surface area contributed by atoms with Crippen LogP contribution in [0.15, 0.2) is 43.0 Å². The van der Waals surface area contributed by atoms with Crippen LogP contribution >= 0.6 is 0 Å². The Bertz CT molecular complexity index is 972. The van der Waals surface area contributed by atoms with Crippen molar-refractivity contribution in [1.29, 1.82) is 0 Å². The average Bonchev–Trinajstić information content (AvgIpc) is 2.80. The number of aromatic hydroxyl groups is 1. The van der Waals surface area contributed by atoms with E-state index in [-0.39, 0.29) is 24.1 Å². The number of allylic oxidation sites excluding steroid dienone is 1. The van der Waals surface area contributed by atoms with Crippen LogP contribution in [-0.2, 0) is 11.2 Å². The highest BCUT2D eigenvalue weighted by molar-refractivity contribution is 5.45. The normalized spacial score (nSPS) is 22.0. The summed E-state index contributed by atoms with van der Waals surface area (Å²) in [5, 5.41) is 10.2. The second-order valence-corrected chi connectivity index (χ2v) is 10.7. The number of aryl methyl sites for hydroxylation is 2. The maximum absolute atomic E-state index is 10.2. The molecule has 5 atom stereocenters. The van der Waals surface area contributed by atoms with E-state index >= 15 is 0 Å². The van der Waals surface area contributed by atoms with E-state index in [1.54, 1.807) is 13.2 Å². The minimum atomic E-state index is -0.298.